The summed E-state index contributed by atoms with van der Waals surface area (Å²) in [4.78, 5) is 10.8. The predicted octanol–water partition coefficient (Wildman–Crippen LogP) is 4.84. The van der Waals surface area contributed by atoms with Crippen LogP contribution in [0.3, 0.4) is 0 Å². The molecule has 0 aliphatic carbocycles. The highest BCUT2D eigenvalue weighted by molar-refractivity contribution is 5.68. The van der Waals surface area contributed by atoms with Gasteiger partial charge in [-0.2, -0.15) is 0 Å². The molecule has 0 aromatic heterocycles. The number of hydrogen-bond donors (Lipinski definition) is 2. The highest BCUT2D eigenvalue weighted by Crippen LogP contribution is 2.47. The fourth-order valence-corrected chi connectivity index (χ4v) is 5.27. The van der Waals surface area contributed by atoms with Crippen LogP contribution in [0, 0.1) is 17.3 Å². The second kappa shape index (κ2) is 10.1. The number of carboxylic acid groups (broad SMARTS) is 1. The molecule has 2 aliphatic heterocycles. The quantitative estimate of drug-likeness (QED) is 0.508. The van der Waals surface area contributed by atoms with Gasteiger partial charge in [-0.3, -0.25) is 0 Å². The summed E-state index contributed by atoms with van der Waals surface area (Å²) >= 11 is 0. The zero-order valence-electron chi connectivity index (χ0n) is 18.7. The molecule has 30 heavy (non-hydrogen) atoms. The third kappa shape index (κ3) is 5.76. The molecule has 2 bridgehead atoms. The minimum absolute atomic E-state index is 0.0419. The number of unbranched alkanes of at least 4 members (excludes halogenated alkanes) is 1. The second-order valence-corrected chi connectivity index (χ2v) is 9.84. The van der Waals surface area contributed by atoms with Crippen molar-refractivity contribution in [3.8, 4) is 5.75 Å². The lowest BCUT2D eigenvalue weighted by atomic mass is 9.72. The third-order valence-electron chi connectivity index (χ3n) is 7.17. The molecule has 2 heterocycles. The van der Waals surface area contributed by atoms with Crippen LogP contribution in [-0.4, -0.2) is 41.1 Å². The van der Waals surface area contributed by atoms with E-state index in [9.17, 15) is 9.90 Å². The van der Waals surface area contributed by atoms with Gasteiger partial charge in [0.25, 0.3) is 0 Å². The molecule has 1 aromatic rings. The van der Waals surface area contributed by atoms with Gasteiger partial charge in [0.15, 0.2) is 6.61 Å². The van der Waals surface area contributed by atoms with Crippen LogP contribution in [0.2, 0.25) is 0 Å². The fourth-order valence-electron chi connectivity index (χ4n) is 5.27. The van der Waals surface area contributed by atoms with Gasteiger partial charge in [-0.05, 0) is 73.5 Å². The molecule has 3 rings (SSSR count). The van der Waals surface area contributed by atoms with Crippen molar-refractivity contribution in [2.45, 2.75) is 90.4 Å². The van der Waals surface area contributed by atoms with Crippen molar-refractivity contribution in [2.24, 2.45) is 17.3 Å². The molecular weight excluding hydrogens is 380 g/mol. The van der Waals surface area contributed by atoms with E-state index >= 15 is 0 Å². The summed E-state index contributed by atoms with van der Waals surface area (Å²) in [5, 5.41) is 19.7. The van der Waals surface area contributed by atoms with Gasteiger partial charge in [-0.1, -0.05) is 45.7 Å². The van der Waals surface area contributed by atoms with E-state index in [1.807, 2.05) is 12.1 Å². The van der Waals surface area contributed by atoms with Crippen LogP contribution in [0.5, 0.6) is 5.75 Å². The van der Waals surface area contributed by atoms with Crippen molar-refractivity contribution in [3.63, 3.8) is 0 Å². The number of carbonyl (C=O) groups is 1. The Morgan fingerprint density at radius 3 is 2.70 bits per heavy atom. The first-order valence-electron chi connectivity index (χ1n) is 11.6. The molecule has 2 aliphatic rings. The smallest absolute Gasteiger partial charge is 0.341 e. The number of aliphatic carboxylic acids is 1. The molecule has 0 radical (unpaired) electrons. The number of fused-ring (bicyclic) bond motifs is 2. The highest BCUT2D eigenvalue weighted by Gasteiger charge is 2.48. The van der Waals surface area contributed by atoms with Gasteiger partial charge in [-0.25, -0.2) is 4.79 Å². The summed E-state index contributed by atoms with van der Waals surface area (Å²) in [7, 11) is 0. The Bertz CT molecular complexity index is 701. The summed E-state index contributed by atoms with van der Waals surface area (Å²) in [6.07, 6.45) is 8.69. The van der Waals surface area contributed by atoms with Crippen molar-refractivity contribution in [1.29, 1.82) is 0 Å². The average molecular weight is 419 g/mol. The first-order valence-corrected chi connectivity index (χ1v) is 11.6. The van der Waals surface area contributed by atoms with Gasteiger partial charge < -0.3 is 19.7 Å². The summed E-state index contributed by atoms with van der Waals surface area (Å²) in [5.74, 6) is 0.555. The van der Waals surface area contributed by atoms with Gasteiger partial charge >= 0.3 is 5.97 Å². The Labute approximate surface area is 180 Å². The maximum atomic E-state index is 10.8. The predicted molar refractivity (Wildman–Crippen MR) is 117 cm³/mol. The molecule has 2 saturated heterocycles. The SMILES string of the molecule is CCCCC(C)(C)C(O)CC[C@H]1[C@H](Cc2cccc(OCC(=O)O)c2)[C@H]2CC[C@@H]1O2. The molecule has 5 atom stereocenters. The largest absolute Gasteiger partial charge is 0.482 e. The van der Waals surface area contributed by atoms with Crippen LogP contribution in [0.25, 0.3) is 0 Å². The number of benzene rings is 1. The Balaban J connectivity index is 1.60. The summed E-state index contributed by atoms with van der Waals surface area (Å²) in [6.45, 7) is 6.24. The first-order chi connectivity index (χ1) is 14.3. The minimum atomic E-state index is -0.970. The van der Waals surface area contributed by atoms with Gasteiger partial charge in [0.1, 0.15) is 5.75 Å². The van der Waals surface area contributed by atoms with Crippen LogP contribution in [0.15, 0.2) is 24.3 Å². The van der Waals surface area contributed by atoms with Gasteiger partial charge in [0.2, 0.25) is 0 Å². The Hall–Kier alpha value is -1.59. The molecule has 5 nitrogen and oxygen atoms in total. The van der Waals surface area contributed by atoms with Crippen molar-refractivity contribution >= 4 is 5.97 Å². The maximum absolute atomic E-state index is 10.8. The highest BCUT2D eigenvalue weighted by atomic mass is 16.5. The average Bonchev–Trinajstić information content (AvgIpc) is 3.31. The van der Waals surface area contributed by atoms with Crippen LogP contribution < -0.4 is 4.74 Å². The number of rotatable bonds is 12. The van der Waals surface area contributed by atoms with E-state index in [1.54, 1.807) is 6.07 Å². The van der Waals surface area contributed by atoms with E-state index in [4.69, 9.17) is 14.6 Å². The van der Waals surface area contributed by atoms with Crippen molar-refractivity contribution in [3.05, 3.63) is 29.8 Å². The van der Waals surface area contributed by atoms with E-state index in [-0.39, 0.29) is 18.1 Å². The van der Waals surface area contributed by atoms with E-state index in [0.717, 1.165) is 56.9 Å². The van der Waals surface area contributed by atoms with Crippen molar-refractivity contribution < 1.29 is 24.5 Å². The molecule has 0 spiro atoms. The molecule has 0 saturated carbocycles. The van der Waals surface area contributed by atoms with Crippen LogP contribution >= 0.6 is 0 Å². The minimum Gasteiger partial charge on any atom is -0.482 e. The maximum Gasteiger partial charge on any atom is 0.341 e. The lowest BCUT2D eigenvalue weighted by Gasteiger charge is -2.33. The first kappa shape index (κ1) is 23.1. The topological polar surface area (TPSA) is 76.0 Å². The normalized spacial score (nSPS) is 26.7. The number of carboxylic acids is 1. The molecule has 168 valence electrons. The summed E-state index contributed by atoms with van der Waals surface area (Å²) < 4.78 is 11.6. The van der Waals surface area contributed by atoms with Crippen molar-refractivity contribution in [1.82, 2.24) is 0 Å². The van der Waals surface area contributed by atoms with Gasteiger partial charge in [0, 0.05) is 0 Å². The molecular formula is C25H38O5. The zero-order valence-corrected chi connectivity index (χ0v) is 18.7. The fraction of sp³-hybridized carbons (Fsp3) is 0.720. The number of aliphatic hydroxyl groups excluding tert-OH is 1. The Morgan fingerprint density at radius 2 is 2.00 bits per heavy atom. The standard InChI is InChI=1S/C25H38O5/c1-4-5-13-25(2,3)23(26)12-9-19-20(22-11-10-21(19)30-22)15-17-7-6-8-18(14-17)29-16-24(27)28/h6-8,14,19-23,26H,4-5,9-13,15-16H2,1-3H3,(H,27,28)/t19-,20-,21-,22+,23?/m0/s1. The lowest BCUT2D eigenvalue weighted by molar-refractivity contribution is -0.139. The van der Waals surface area contributed by atoms with Crippen LogP contribution in [-0.2, 0) is 16.0 Å². The summed E-state index contributed by atoms with van der Waals surface area (Å²) in [5.41, 5.74) is 1.12. The molecule has 5 heteroatoms. The van der Waals surface area contributed by atoms with Gasteiger partial charge in [0.05, 0.1) is 18.3 Å². The van der Waals surface area contributed by atoms with E-state index in [0.29, 0.717) is 29.8 Å². The zero-order chi connectivity index (χ0) is 21.7. The Kier molecular flexibility index (Phi) is 7.81. The molecule has 0 amide bonds. The molecule has 2 fully saturated rings. The van der Waals surface area contributed by atoms with E-state index < -0.39 is 5.97 Å². The lowest BCUT2D eigenvalue weighted by Crippen LogP contribution is -2.33. The number of ether oxygens (including phenoxy) is 2. The van der Waals surface area contributed by atoms with E-state index in [1.165, 1.54) is 0 Å². The van der Waals surface area contributed by atoms with Crippen LogP contribution in [0.4, 0.5) is 0 Å². The Morgan fingerprint density at radius 1 is 1.27 bits per heavy atom. The number of aliphatic hydroxyl groups is 1. The molecule has 1 unspecified atom stereocenters. The van der Waals surface area contributed by atoms with Crippen molar-refractivity contribution in [2.75, 3.05) is 6.61 Å². The monoisotopic (exact) mass is 418 g/mol. The molecule has 2 N–H and O–H groups in total. The van der Waals surface area contributed by atoms with Crippen LogP contribution in [0.1, 0.15) is 71.3 Å². The van der Waals surface area contributed by atoms with E-state index in [2.05, 4.69) is 26.8 Å². The van der Waals surface area contributed by atoms with Gasteiger partial charge in [-0.15, -0.1) is 0 Å². The number of hydrogen-bond acceptors (Lipinski definition) is 4. The summed E-state index contributed by atoms with van der Waals surface area (Å²) in [6, 6.07) is 7.76. The second-order valence-electron chi connectivity index (χ2n) is 9.84. The molecule has 1 aromatic carbocycles. The third-order valence-corrected chi connectivity index (χ3v) is 7.17.